The normalized spacial score (nSPS) is 17.1. The van der Waals surface area contributed by atoms with Crippen LogP contribution in [0.3, 0.4) is 0 Å². The van der Waals surface area contributed by atoms with Crippen LogP contribution >= 0.6 is 11.6 Å². The molecule has 0 radical (unpaired) electrons. The van der Waals surface area contributed by atoms with Crippen molar-refractivity contribution in [3.05, 3.63) is 58.5 Å². The summed E-state index contributed by atoms with van der Waals surface area (Å²) in [6, 6.07) is 7.33. The van der Waals surface area contributed by atoms with E-state index in [-0.39, 0.29) is 17.9 Å². The molecule has 3 heterocycles. The van der Waals surface area contributed by atoms with Gasteiger partial charge in [-0.25, -0.2) is 13.8 Å². The molecule has 1 aliphatic rings. The highest BCUT2D eigenvalue weighted by Gasteiger charge is 2.45. The van der Waals surface area contributed by atoms with Crippen molar-refractivity contribution in [3.63, 3.8) is 0 Å². The average Bonchev–Trinajstić information content (AvgIpc) is 3.54. The van der Waals surface area contributed by atoms with Crippen LogP contribution in [0.1, 0.15) is 21.7 Å². The number of H-pyrrole nitrogens is 1. The predicted molar refractivity (Wildman–Crippen MR) is 126 cm³/mol. The minimum atomic E-state index is -3.01. The number of hydrogen-bond donors (Lipinski definition) is 3. The summed E-state index contributed by atoms with van der Waals surface area (Å²) in [7, 11) is 3.19. The summed E-state index contributed by atoms with van der Waals surface area (Å²) in [4.78, 5) is 17.3. The minimum Gasteiger partial charge on any atom is -0.496 e. The summed E-state index contributed by atoms with van der Waals surface area (Å²) in [5.74, 6) is -2.30. The molecule has 0 saturated carbocycles. The number of methoxy groups -OCH3 is 1. The Balaban J connectivity index is 1.39. The summed E-state index contributed by atoms with van der Waals surface area (Å²) in [5.41, 5.74) is 2.49. The van der Waals surface area contributed by atoms with E-state index in [1.54, 1.807) is 30.1 Å². The largest absolute Gasteiger partial charge is 0.496 e. The zero-order chi connectivity index (χ0) is 24.7. The van der Waals surface area contributed by atoms with Crippen LogP contribution in [0.2, 0.25) is 5.02 Å². The molecule has 1 amide bonds. The molecule has 9 nitrogen and oxygen atoms in total. The number of amides is 1. The van der Waals surface area contributed by atoms with Gasteiger partial charge < -0.3 is 15.4 Å². The summed E-state index contributed by atoms with van der Waals surface area (Å²) in [6.45, 7) is -0.472. The second-order valence-electron chi connectivity index (χ2n) is 8.35. The first-order valence-electron chi connectivity index (χ1n) is 10.8. The standard InChI is InChI=1S/C23H22ClF2N7O2/c1-33-19(8-12-4-6-16-15(20(12)24)9-28-31-16)30-21(32-33)13-3-5-14(17(7-13)35-2)22(34)29-18-10-27-11-23(18,25)26/h3-7,9,18,27H,8,10-11H2,1-2H3,(H,28,31)(H,29,34). The monoisotopic (exact) mass is 501 g/mol. The number of rotatable bonds is 6. The van der Waals surface area contributed by atoms with E-state index in [0.29, 0.717) is 28.7 Å². The SMILES string of the molecule is COc1cc(-c2nc(Cc3ccc4[nH]ncc4c3Cl)n(C)n2)ccc1C(=O)NC1CNCC1(F)F. The highest BCUT2D eigenvalue weighted by Crippen LogP contribution is 2.30. The van der Waals surface area contributed by atoms with Gasteiger partial charge in [0, 0.05) is 31.0 Å². The Morgan fingerprint density at radius 3 is 2.91 bits per heavy atom. The first-order valence-corrected chi connectivity index (χ1v) is 11.2. The van der Waals surface area contributed by atoms with Crippen LogP contribution in [-0.4, -0.2) is 63.0 Å². The number of benzene rings is 2. The third-order valence-electron chi connectivity index (χ3n) is 6.07. The molecule has 1 atom stereocenters. The maximum Gasteiger partial charge on any atom is 0.281 e. The molecule has 0 bridgehead atoms. The number of fused-ring (bicyclic) bond motifs is 1. The number of aromatic amines is 1. The molecular formula is C23H22ClF2N7O2. The summed E-state index contributed by atoms with van der Waals surface area (Å²) < 4.78 is 34.8. The number of aryl methyl sites for hydroxylation is 1. The van der Waals surface area contributed by atoms with E-state index in [1.807, 2.05) is 12.1 Å². The Morgan fingerprint density at radius 1 is 1.34 bits per heavy atom. The van der Waals surface area contributed by atoms with Crippen LogP contribution in [0, 0.1) is 0 Å². The molecule has 2 aromatic heterocycles. The Kier molecular flexibility index (Phi) is 5.89. The number of hydrogen-bond acceptors (Lipinski definition) is 6. The van der Waals surface area contributed by atoms with E-state index in [9.17, 15) is 13.6 Å². The van der Waals surface area contributed by atoms with Gasteiger partial charge in [-0.15, -0.1) is 0 Å². The first kappa shape index (κ1) is 23.2. The molecule has 3 N–H and O–H groups in total. The lowest BCUT2D eigenvalue weighted by atomic mass is 10.1. The minimum absolute atomic E-state index is 0.00266. The molecule has 12 heteroatoms. The third kappa shape index (κ3) is 4.32. The lowest BCUT2D eigenvalue weighted by Crippen LogP contribution is -2.46. The van der Waals surface area contributed by atoms with E-state index < -0.39 is 24.4 Å². The summed E-state index contributed by atoms with van der Waals surface area (Å²) >= 11 is 6.55. The molecular weight excluding hydrogens is 480 g/mol. The van der Waals surface area contributed by atoms with Crippen molar-refractivity contribution in [2.45, 2.75) is 18.4 Å². The predicted octanol–water partition coefficient (Wildman–Crippen LogP) is 2.95. The maximum absolute atomic E-state index is 13.9. The highest BCUT2D eigenvalue weighted by atomic mass is 35.5. The van der Waals surface area contributed by atoms with E-state index >= 15 is 0 Å². The molecule has 0 aliphatic carbocycles. The van der Waals surface area contributed by atoms with Gasteiger partial charge in [0.05, 0.1) is 36.0 Å². The van der Waals surface area contributed by atoms with E-state index in [0.717, 1.165) is 16.5 Å². The van der Waals surface area contributed by atoms with Gasteiger partial charge in [0.2, 0.25) is 0 Å². The number of ether oxygens (including phenoxy) is 1. The van der Waals surface area contributed by atoms with Gasteiger partial charge >= 0.3 is 0 Å². The van der Waals surface area contributed by atoms with E-state index in [2.05, 4.69) is 30.9 Å². The molecule has 4 aromatic rings. The van der Waals surface area contributed by atoms with Gasteiger partial charge in [0.15, 0.2) is 5.82 Å². The van der Waals surface area contributed by atoms with Crippen LogP contribution < -0.4 is 15.4 Å². The van der Waals surface area contributed by atoms with Gasteiger partial charge in [-0.1, -0.05) is 23.7 Å². The Bertz CT molecular complexity index is 1420. The van der Waals surface area contributed by atoms with Gasteiger partial charge in [0.1, 0.15) is 17.6 Å². The Morgan fingerprint density at radius 2 is 2.17 bits per heavy atom. The Hall–Kier alpha value is -3.57. The number of alkyl halides is 2. The zero-order valence-electron chi connectivity index (χ0n) is 18.9. The third-order valence-corrected chi connectivity index (χ3v) is 6.52. The molecule has 1 saturated heterocycles. The van der Waals surface area contributed by atoms with Crippen molar-refractivity contribution >= 4 is 28.4 Å². The number of aromatic nitrogens is 5. The van der Waals surface area contributed by atoms with Crippen LogP contribution in [-0.2, 0) is 13.5 Å². The van der Waals surface area contributed by atoms with Crippen LogP contribution in [0.15, 0.2) is 36.5 Å². The number of carbonyl (C=O) groups is 1. The highest BCUT2D eigenvalue weighted by molar-refractivity contribution is 6.36. The summed E-state index contributed by atoms with van der Waals surface area (Å²) in [5, 5.41) is 17.8. The second-order valence-corrected chi connectivity index (χ2v) is 8.73. The molecule has 5 rings (SSSR count). The van der Waals surface area contributed by atoms with Gasteiger partial charge in [-0.05, 0) is 23.8 Å². The lowest BCUT2D eigenvalue weighted by molar-refractivity contribution is -0.00250. The van der Waals surface area contributed by atoms with Crippen molar-refractivity contribution in [2.75, 3.05) is 20.2 Å². The number of nitrogens with one attached hydrogen (secondary N) is 3. The molecule has 35 heavy (non-hydrogen) atoms. The molecule has 182 valence electrons. The van der Waals surface area contributed by atoms with Gasteiger partial charge in [-0.2, -0.15) is 10.2 Å². The Labute approximate surface area is 203 Å². The van der Waals surface area contributed by atoms with Crippen LogP contribution in [0.25, 0.3) is 22.3 Å². The summed E-state index contributed by atoms with van der Waals surface area (Å²) in [6.07, 6.45) is 2.13. The number of nitrogens with zero attached hydrogens (tertiary/aromatic N) is 4. The molecule has 0 spiro atoms. The molecule has 1 unspecified atom stereocenters. The van der Waals surface area contributed by atoms with E-state index in [1.165, 1.54) is 13.2 Å². The average molecular weight is 502 g/mol. The van der Waals surface area contributed by atoms with Crippen LogP contribution in [0.4, 0.5) is 8.78 Å². The smallest absolute Gasteiger partial charge is 0.281 e. The first-order chi connectivity index (χ1) is 16.8. The quantitative estimate of drug-likeness (QED) is 0.375. The fourth-order valence-electron chi connectivity index (χ4n) is 4.09. The van der Waals surface area contributed by atoms with Gasteiger partial charge in [-0.3, -0.25) is 14.6 Å². The zero-order valence-corrected chi connectivity index (χ0v) is 19.7. The molecule has 2 aromatic carbocycles. The molecule has 1 aliphatic heterocycles. The fraction of sp³-hybridized carbons (Fsp3) is 0.304. The van der Waals surface area contributed by atoms with Crippen molar-refractivity contribution in [3.8, 4) is 17.1 Å². The number of halogens is 3. The van der Waals surface area contributed by atoms with Gasteiger partial charge in [0.25, 0.3) is 11.8 Å². The topological polar surface area (TPSA) is 110 Å². The lowest BCUT2D eigenvalue weighted by Gasteiger charge is -2.20. The van der Waals surface area contributed by atoms with Crippen molar-refractivity contribution in [1.29, 1.82) is 0 Å². The maximum atomic E-state index is 13.9. The molecule has 1 fully saturated rings. The second kappa shape index (κ2) is 8.90. The number of carbonyl (C=O) groups excluding carboxylic acids is 1. The van der Waals surface area contributed by atoms with Crippen molar-refractivity contribution < 1.29 is 18.3 Å². The van der Waals surface area contributed by atoms with E-state index in [4.69, 9.17) is 16.3 Å². The van der Waals surface area contributed by atoms with Crippen molar-refractivity contribution in [1.82, 2.24) is 35.6 Å². The van der Waals surface area contributed by atoms with Crippen molar-refractivity contribution in [2.24, 2.45) is 7.05 Å². The van der Waals surface area contributed by atoms with Crippen LogP contribution in [0.5, 0.6) is 5.75 Å². The fourth-order valence-corrected chi connectivity index (χ4v) is 4.37.